The number of benzene rings is 4. The first-order valence-electron chi connectivity index (χ1n) is 18.0. The van der Waals surface area contributed by atoms with Gasteiger partial charge in [0, 0.05) is 60.7 Å². The number of hydrogen-bond donors (Lipinski definition) is 1. The zero-order valence-electron chi connectivity index (χ0n) is 30.3. The third-order valence-corrected chi connectivity index (χ3v) is 11.4. The second-order valence-corrected chi connectivity index (χ2v) is 15.5. The Balaban J connectivity index is 1.07. The summed E-state index contributed by atoms with van der Waals surface area (Å²) in [6.07, 6.45) is 5.58. The van der Waals surface area contributed by atoms with Gasteiger partial charge in [0.1, 0.15) is 41.5 Å². The fraction of sp³-hybridized carbons (Fsp3) is 0.279. The van der Waals surface area contributed by atoms with Gasteiger partial charge in [-0.1, -0.05) is 65.7 Å². The highest BCUT2D eigenvalue weighted by atomic mass is 35.5. The number of halogens is 2. The van der Waals surface area contributed by atoms with E-state index in [2.05, 4.69) is 47.4 Å². The first kappa shape index (κ1) is 37.6. The van der Waals surface area contributed by atoms with Gasteiger partial charge in [0.25, 0.3) is 0 Å². The van der Waals surface area contributed by atoms with Crippen molar-refractivity contribution in [1.82, 2.24) is 20.2 Å². The van der Waals surface area contributed by atoms with Crippen molar-refractivity contribution in [3.8, 4) is 34.4 Å². The van der Waals surface area contributed by atoms with Gasteiger partial charge in [0.2, 0.25) is 0 Å². The van der Waals surface area contributed by atoms with E-state index in [0.717, 1.165) is 61.7 Å². The first-order valence-corrected chi connectivity index (χ1v) is 19.6. The summed E-state index contributed by atoms with van der Waals surface area (Å²) in [6, 6.07) is 27.8. The molecule has 3 heterocycles. The van der Waals surface area contributed by atoms with E-state index in [4.69, 9.17) is 42.4 Å². The molecule has 6 aromatic rings. The molecular formula is C43H41Cl2N5O3S. The number of nitriles is 1. The van der Waals surface area contributed by atoms with E-state index in [-0.39, 0.29) is 13.2 Å². The van der Waals surface area contributed by atoms with Crippen molar-refractivity contribution in [1.29, 1.82) is 5.26 Å². The number of nitrogens with one attached hydrogen (secondary N) is 1. The Morgan fingerprint density at radius 1 is 0.889 bits per heavy atom. The van der Waals surface area contributed by atoms with Crippen LogP contribution >= 0.6 is 34.5 Å². The van der Waals surface area contributed by atoms with E-state index >= 15 is 0 Å². The number of fused-ring (bicyclic) bond motifs is 1. The number of thiazole rings is 1. The molecule has 1 fully saturated rings. The molecule has 1 aliphatic heterocycles. The van der Waals surface area contributed by atoms with Crippen LogP contribution in [0.3, 0.4) is 0 Å². The summed E-state index contributed by atoms with van der Waals surface area (Å²) in [5, 5.41) is 14.9. The van der Waals surface area contributed by atoms with Gasteiger partial charge in [-0.15, -0.1) is 11.3 Å². The largest absolute Gasteiger partial charge is 0.492 e. The third-order valence-electron chi connectivity index (χ3n) is 9.64. The molecule has 1 saturated heterocycles. The van der Waals surface area contributed by atoms with Gasteiger partial charge >= 0.3 is 0 Å². The number of piperidine rings is 1. The van der Waals surface area contributed by atoms with Crippen LogP contribution in [0.2, 0.25) is 10.0 Å². The highest BCUT2D eigenvalue weighted by Crippen LogP contribution is 2.39. The second-order valence-electron chi connectivity index (χ2n) is 13.6. The van der Waals surface area contributed by atoms with Gasteiger partial charge in [0.05, 0.1) is 32.4 Å². The van der Waals surface area contributed by atoms with Crippen LogP contribution in [0.15, 0.2) is 91.3 Å². The number of likely N-dealkylation sites (tertiary alicyclic amines) is 1. The molecule has 1 aliphatic rings. The number of aromatic nitrogens is 2. The standard InChI is InChI=1S/C43H41Cl2N5O3S/c1-28-32(9-5-10-34(28)35-11-6-13-38(43(35)45)51-25-29-8-7-15-50(2)24-29)27-53-40-18-39(52-26-31-16-30(19-46)20-47-21-31)33(17-36(40)44)22-48-23-42-49-37-12-3-4-14-41(37)54-42/h3-6,9-14,16-18,20-21,29,48H,7-8,15,22-27H2,1-2H3. The molecule has 8 nitrogen and oxygen atoms in total. The number of hydrogen-bond acceptors (Lipinski definition) is 9. The second kappa shape index (κ2) is 17.6. The number of ether oxygens (including phenoxy) is 3. The van der Waals surface area contributed by atoms with Gasteiger partial charge in [-0.25, -0.2) is 4.98 Å². The minimum absolute atomic E-state index is 0.219. The molecular weight excluding hydrogens is 737 g/mol. The lowest BCUT2D eigenvalue weighted by atomic mass is 9.96. The first-order chi connectivity index (χ1) is 26.3. The smallest absolute Gasteiger partial charge is 0.142 e. The fourth-order valence-electron chi connectivity index (χ4n) is 6.78. The minimum atomic E-state index is 0.219. The molecule has 0 bridgehead atoms. The molecule has 276 valence electrons. The van der Waals surface area contributed by atoms with E-state index in [0.29, 0.717) is 58.5 Å². The van der Waals surface area contributed by atoms with Crippen molar-refractivity contribution >= 4 is 44.8 Å². The van der Waals surface area contributed by atoms with Crippen molar-refractivity contribution < 1.29 is 14.2 Å². The molecule has 0 spiro atoms. The Morgan fingerprint density at radius 2 is 1.72 bits per heavy atom. The average molecular weight is 779 g/mol. The normalized spacial score (nSPS) is 14.5. The van der Waals surface area contributed by atoms with Crippen LogP contribution in [0.25, 0.3) is 21.3 Å². The Bertz CT molecular complexity index is 2260. The molecule has 1 atom stereocenters. The van der Waals surface area contributed by atoms with Crippen LogP contribution in [0, 0.1) is 24.2 Å². The maximum Gasteiger partial charge on any atom is 0.142 e. The average Bonchev–Trinajstić information content (AvgIpc) is 3.60. The Kier molecular flexibility index (Phi) is 12.3. The summed E-state index contributed by atoms with van der Waals surface area (Å²) < 4.78 is 20.2. The molecule has 0 radical (unpaired) electrons. The molecule has 7 rings (SSSR count). The summed E-state index contributed by atoms with van der Waals surface area (Å²) >= 11 is 15.5. The maximum absolute atomic E-state index is 9.36. The minimum Gasteiger partial charge on any atom is -0.492 e. The van der Waals surface area contributed by atoms with Gasteiger partial charge < -0.3 is 24.4 Å². The van der Waals surface area contributed by atoms with Gasteiger partial charge in [-0.05, 0) is 80.4 Å². The van der Waals surface area contributed by atoms with E-state index < -0.39 is 0 Å². The predicted octanol–water partition coefficient (Wildman–Crippen LogP) is 10.0. The highest BCUT2D eigenvalue weighted by Gasteiger charge is 2.20. The number of pyridine rings is 1. The SMILES string of the molecule is Cc1c(COc2cc(OCc3cncc(C#N)c3)c(CNCc3nc4ccccc4s3)cc2Cl)cccc1-c1cccc(OCC2CCCN(C)C2)c1Cl. The van der Waals surface area contributed by atoms with Gasteiger partial charge in [-0.3, -0.25) is 4.98 Å². The molecule has 1 unspecified atom stereocenters. The van der Waals surface area contributed by atoms with E-state index in [1.807, 2.05) is 60.7 Å². The lowest BCUT2D eigenvalue weighted by Gasteiger charge is -2.29. The highest BCUT2D eigenvalue weighted by molar-refractivity contribution is 7.18. The third kappa shape index (κ3) is 9.15. The van der Waals surface area contributed by atoms with Crippen LogP contribution in [-0.4, -0.2) is 41.6 Å². The van der Waals surface area contributed by atoms with Crippen molar-refractivity contribution in [2.45, 2.75) is 46.1 Å². The predicted molar refractivity (Wildman–Crippen MR) is 217 cm³/mol. The maximum atomic E-state index is 9.36. The zero-order chi connectivity index (χ0) is 37.4. The van der Waals surface area contributed by atoms with Crippen LogP contribution in [0.1, 0.15) is 45.7 Å². The van der Waals surface area contributed by atoms with Crippen molar-refractivity contribution in [3.05, 3.63) is 134 Å². The van der Waals surface area contributed by atoms with E-state index in [9.17, 15) is 5.26 Å². The van der Waals surface area contributed by atoms with Crippen LogP contribution < -0.4 is 19.5 Å². The molecule has 11 heteroatoms. The summed E-state index contributed by atoms with van der Waals surface area (Å²) in [5.74, 6) is 2.30. The van der Waals surface area contributed by atoms with Crippen LogP contribution in [0.4, 0.5) is 0 Å². The molecule has 0 saturated carbocycles. The molecule has 0 amide bonds. The summed E-state index contributed by atoms with van der Waals surface area (Å²) in [6.45, 7) is 6.49. The monoisotopic (exact) mass is 777 g/mol. The molecule has 2 aromatic heterocycles. The Labute approximate surface area is 330 Å². The quantitative estimate of drug-likeness (QED) is 0.117. The van der Waals surface area contributed by atoms with E-state index in [1.165, 1.54) is 19.0 Å². The molecule has 4 aromatic carbocycles. The lowest BCUT2D eigenvalue weighted by Crippen LogP contribution is -2.34. The molecule has 1 N–H and O–H groups in total. The Morgan fingerprint density at radius 3 is 2.57 bits per heavy atom. The van der Waals surface area contributed by atoms with Crippen molar-refractivity contribution in [2.24, 2.45) is 5.92 Å². The fourth-order valence-corrected chi connectivity index (χ4v) is 8.24. The van der Waals surface area contributed by atoms with Crippen molar-refractivity contribution in [3.63, 3.8) is 0 Å². The summed E-state index contributed by atoms with van der Waals surface area (Å²) in [4.78, 5) is 11.3. The van der Waals surface area contributed by atoms with Crippen molar-refractivity contribution in [2.75, 3.05) is 26.7 Å². The number of para-hydroxylation sites is 1. The number of rotatable bonds is 14. The van der Waals surface area contributed by atoms with E-state index in [1.54, 1.807) is 23.6 Å². The molecule has 54 heavy (non-hydrogen) atoms. The lowest BCUT2D eigenvalue weighted by molar-refractivity contribution is 0.150. The van der Waals surface area contributed by atoms with Crippen LogP contribution in [-0.2, 0) is 26.3 Å². The van der Waals surface area contributed by atoms with Crippen LogP contribution in [0.5, 0.6) is 17.2 Å². The topological polar surface area (TPSA) is 92.5 Å². The van der Waals surface area contributed by atoms with Gasteiger partial charge in [0.15, 0.2) is 0 Å². The Hall–Kier alpha value is -4.69. The number of nitrogens with zero attached hydrogens (tertiary/aromatic N) is 4. The molecule has 0 aliphatic carbocycles. The van der Waals surface area contributed by atoms with Gasteiger partial charge in [-0.2, -0.15) is 5.26 Å². The summed E-state index contributed by atoms with van der Waals surface area (Å²) in [5.41, 5.74) is 7.09. The summed E-state index contributed by atoms with van der Waals surface area (Å²) in [7, 11) is 2.16. The zero-order valence-corrected chi connectivity index (χ0v) is 32.6.